The quantitative estimate of drug-likeness (QED) is 0.00969. The Kier molecular flexibility index (Phi) is 49.4. The number of nitrogens with one attached hydrogen (secondary N) is 8. The van der Waals surface area contributed by atoms with Gasteiger partial charge < -0.3 is 149 Å². The molecule has 42 heteroatoms. The maximum atomic E-state index is 13.3. The molecule has 4 amide bonds. The number of carbonyl (C=O) groups excluding carboxylic acids is 4. The lowest BCUT2D eigenvalue weighted by atomic mass is 9.92. The number of aliphatic hydroxyl groups is 5. The number of rotatable bonds is 63. The van der Waals surface area contributed by atoms with Gasteiger partial charge in [0.05, 0.1) is 212 Å². The van der Waals surface area contributed by atoms with E-state index >= 15 is 0 Å². The fourth-order valence-corrected chi connectivity index (χ4v) is 9.51. The first-order valence-corrected chi connectivity index (χ1v) is 34.1. The first kappa shape index (κ1) is 91.2. The number of carboxylic acids is 1. The van der Waals surface area contributed by atoms with Crippen molar-refractivity contribution in [3.8, 4) is 0 Å². The van der Waals surface area contributed by atoms with E-state index in [0.717, 1.165) is 25.1 Å². The molecule has 1 aromatic carbocycles. The second kappa shape index (κ2) is 56.3. The van der Waals surface area contributed by atoms with Gasteiger partial charge in [0.15, 0.2) is 24.5 Å². The highest BCUT2D eigenvalue weighted by Crippen LogP contribution is 2.29. The van der Waals surface area contributed by atoms with Crippen LogP contribution in [0.4, 0.5) is 21.9 Å². The van der Waals surface area contributed by atoms with E-state index in [1.165, 1.54) is 6.07 Å². The fourth-order valence-electron chi connectivity index (χ4n) is 9.51. The summed E-state index contributed by atoms with van der Waals surface area (Å²) in [6.07, 6.45) is -9.19. The maximum Gasteiger partial charge on any atom is 0.407 e. The molecule has 42 nitrogen and oxygen atoms in total. The zero-order chi connectivity index (χ0) is 76.1. The van der Waals surface area contributed by atoms with E-state index in [0.29, 0.717) is 112 Å². The Labute approximate surface area is 601 Å². The Morgan fingerprint density at radius 3 is 1.62 bits per heavy atom. The SMILES string of the molecule is CC(=O)N[C@H]1[C@H]([C@H](OC(=O)NCCOCCOCCOCCOCCOCCOCCOCCOCCN[C@@H](CCCCNC(=O)CCOCCNc2ccc([N+](=O)[O-])cc2[N+](=O)[O-])C(=O)NCCOCCOCCOCCO[C@@H]2O[C@@H](C)[C@H](O)[C@@H](O)[C@H]2O)[C@H](O)CO)OC(C(=O)O)=C[C@@H]1NC(=N)N. The molecule has 2 aliphatic rings. The molecule has 0 unspecified atom stereocenters. The molecule has 104 heavy (non-hydrogen) atoms. The lowest BCUT2D eigenvalue weighted by Gasteiger charge is -2.41. The normalized spacial score (nSPS) is 19.5. The first-order chi connectivity index (χ1) is 50.1. The van der Waals surface area contributed by atoms with Crippen LogP contribution in [0.5, 0.6) is 0 Å². The van der Waals surface area contributed by atoms with E-state index < -0.39 is 125 Å². The van der Waals surface area contributed by atoms with Crippen molar-refractivity contribution >= 4 is 52.8 Å². The topological polar surface area (TPSA) is 575 Å². The van der Waals surface area contributed by atoms with Gasteiger partial charge in [-0.1, -0.05) is 0 Å². The van der Waals surface area contributed by atoms with Crippen molar-refractivity contribution in [2.75, 3.05) is 210 Å². The van der Waals surface area contributed by atoms with E-state index in [1.54, 1.807) is 6.92 Å². The Morgan fingerprint density at radius 2 is 1.12 bits per heavy atom. The lowest BCUT2D eigenvalue weighted by Crippen LogP contribution is -2.65. The minimum absolute atomic E-state index is 0.0317. The standard InChI is InChI=1S/C62H107N11O31/c1-42-53(78)54(79)55(80)60(102-42)101-38-37-100-36-35-95-23-20-91-17-12-68-58(81)46(5-3-4-9-67-51(77)8-14-89-15-10-65-45-7-6-44(72(85)86)39-48(45)73(87)88)66-11-16-90-19-22-93-25-27-96-29-31-98-33-34-99-32-30-97-28-26-94-24-21-92-18-13-69-62(84)104-56(49(76)41-74)57-52(70-43(2)75)47(71-61(63)64)40-50(103-57)59(82)83/h6-7,39-40,42,46-47,49,52-57,60,65-66,74,76,78-80H,3-5,8-38,41H2,1-2H3,(H,67,77)(H,68,81)(H,69,84)(H,70,75)(H,82,83)(H4,63,64,71)/t42-,46-,47-,49+,52+,53-,54+,55+,56+,57+,60+/m0/s1. The number of anilines is 1. The van der Waals surface area contributed by atoms with Crippen LogP contribution >= 0.6 is 0 Å². The summed E-state index contributed by atoms with van der Waals surface area (Å²) in [5.41, 5.74) is 4.69. The number of nitrogens with two attached hydrogens (primary N) is 1. The molecule has 0 saturated carbocycles. The Morgan fingerprint density at radius 1 is 0.625 bits per heavy atom. The number of benzene rings is 1. The molecule has 0 aliphatic carbocycles. The lowest BCUT2D eigenvalue weighted by molar-refractivity contribution is -0.393. The van der Waals surface area contributed by atoms with Gasteiger partial charge in [-0.3, -0.25) is 40.0 Å². The molecule has 596 valence electrons. The van der Waals surface area contributed by atoms with Crippen molar-refractivity contribution in [3.05, 3.63) is 50.3 Å². The zero-order valence-electron chi connectivity index (χ0n) is 58.8. The molecule has 1 aromatic rings. The van der Waals surface area contributed by atoms with Gasteiger partial charge in [0.25, 0.3) is 11.4 Å². The highest BCUT2D eigenvalue weighted by molar-refractivity contribution is 5.85. The second-order valence-corrected chi connectivity index (χ2v) is 22.7. The summed E-state index contributed by atoms with van der Waals surface area (Å²) in [5, 5.41) is 109. The van der Waals surface area contributed by atoms with Crippen molar-refractivity contribution in [1.82, 2.24) is 31.9 Å². The second-order valence-electron chi connectivity index (χ2n) is 22.7. The Balaban J connectivity index is 1.18. The highest BCUT2D eigenvalue weighted by atomic mass is 16.7. The molecular weight excluding hydrogens is 1390 g/mol. The predicted molar refractivity (Wildman–Crippen MR) is 361 cm³/mol. The van der Waals surface area contributed by atoms with Gasteiger partial charge in [0, 0.05) is 52.1 Å². The number of aliphatic hydroxyl groups excluding tert-OH is 5. The molecule has 1 fully saturated rings. The zero-order valence-corrected chi connectivity index (χ0v) is 58.8. The minimum atomic E-state index is -1.78. The number of carboxylic acid groups (broad SMARTS) is 1. The maximum absolute atomic E-state index is 13.3. The predicted octanol–water partition coefficient (Wildman–Crippen LogP) is -4.12. The number of alkyl carbamates (subject to hydrolysis) is 1. The average Bonchev–Trinajstić information content (AvgIpc) is 0.784. The molecular formula is C62H107N11O31. The molecule has 16 N–H and O–H groups in total. The van der Waals surface area contributed by atoms with Gasteiger partial charge in [0.2, 0.25) is 23.5 Å². The van der Waals surface area contributed by atoms with E-state index in [-0.39, 0.29) is 129 Å². The van der Waals surface area contributed by atoms with Crippen molar-refractivity contribution in [2.24, 2.45) is 5.73 Å². The number of guanidine groups is 1. The van der Waals surface area contributed by atoms with E-state index in [9.17, 15) is 74.8 Å². The van der Waals surface area contributed by atoms with Gasteiger partial charge in [-0.15, -0.1) is 0 Å². The summed E-state index contributed by atoms with van der Waals surface area (Å²) in [5.74, 6) is -3.85. The van der Waals surface area contributed by atoms with Crippen LogP contribution in [-0.2, 0) is 95.0 Å². The monoisotopic (exact) mass is 1500 g/mol. The summed E-state index contributed by atoms with van der Waals surface area (Å²) in [6.45, 7) is 9.31. The van der Waals surface area contributed by atoms with Crippen molar-refractivity contribution in [3.63, 3.8) is 0 Å². The smallest absolute Gasteiger partial charge is 0.407 e. The number of amides is 4. The average molecular weight is 1500 g/mol. The van der Waals surface area contributed by atoms with Crippen LogP contribution in [-0.4, -0.2) is 348 Å². The summed E-state index contributed by atoms with van der Waals surface area (Å²) >= 11 is 0. The summed E-state index contributed by atoms with van der Waals surface area (Å²) in [6, 6.07) is 0.335. The van der Waals surface area contributed by atoms with Gasteiger partial charge >= 0.3 is 12.1 Å². The van der Waals surface area contributed by atoms with Gasteiger partial charge in [-0.2, -0.15) is 0 Å². The van der Waals surface area contributed by atoms with Gasteiger partial charge in [-0.25, -0.2) is 9.59 Å². The number of nitro benzene ring substituents is 2. The largest absolute Gasteiger partial charge is 0.477 e. The third-order valence-electron chi connectivity index (χ3n) is 14.7. The Bertz CT molecular complexity index is 2630. The number of hydrogen-bond donors (Lipinski definition) is 15. The molecule has 1 saturated heterocycles. The summed E-state index contributed by atoms with van der Waals surface area (Å²) < 4.78 is 88.1. The fraction of sp³-hybridized carbons (Fsp3) is 0.774. The molecule has 11 atom stereocenters. The van der Waals surface area contributed by atoms with Gasteiger partial charge in [0.1, 0.15) is 30.1 Å². The molecule has 0 bridgehead atoms. The number of hydrogen-bond acceptors (Lipinski definition) is 33. The summed E-state index contributed by atoms with van der Waals surface area (Å²) in [7, 11) is 0. The number of non-ortho nitro benzene ring substituents is 1. The first-order valence-electron chi connectivity index (χ1n) is 34.1. The number of nitro groups is 2. The number of carbonyl (C=O) groups is 5. The number of unbranched alkanes of at least 4 members (excludes halogenated alkanes) is 1. The third-order valence-corrected chi connectivity index (χ3v) is 14.7. The van der Waals surface area contributed by atoms with Crippen LogP contribution in [0.1, 0.15) is 39.5 Å². The van der Waals surface area contributed by atoms with Crippen LogP contribution in [0.2, 0.25) is 0 Å². The van der Waals surface area contributed by atoms with Crippen LogP contribution < -0.4 is 43.0 Å². The minimum Gasteiger partial charge on any atom is -0.477 e. The molecule has 2 aliphatic heterocycles. The van der Waals surface area contributed by atoms with Crippen LogP contribution in [0, 0.1) is 25.6 Å². The van der Waals surface area contributed by atoms with Crippen LogP contribution in [0.15, 0.2) is 30.0 Å². The van der Waals surface area contributed by atoms with Crippen LogP contribution in [0.25, 0.3) is 0 Å². The van der Waals surface area contributed by atoms with Crippen molar-refractivity contribution < 1.29 is 140 Å². The van der Waals surface area contributed by atoms with Crippen molar-refractivity contribution in [1.29, 1.82) is 5.41 Å². The number of aliphatic carboxylic acids is 1. The Hall–Kier alpha value is -7.02. The third kappa shape index (κ3) is 40.5. The van der Waals surface area contributed by atoms with E-state index in [1.807, 2.05) is 0 Å². The summed E-state index contributed by atoms with van der Waals surface area (Å²) in [4.78, 5) is 83.2. The molecule has 0 spiro atoms. The number of nitrogens with zero attached hydrogens (tertiary/aromatic N) is 2. The molecule has 2 heterocycles. The van der Waals surface area contributed by atoms with Crippen LogP contribution in [0.3, 0.4) is 0 Å². The molecule has 3 rings (SSSR count). The highest BCUT2D eigenvalue weighted by Gasteiger charge is 2.47. The van der Waals surface area contributed by atoms with Gasteiger partial charge in [-0.05, 0) is 38.3 Å². The number of ether oxygens (including phenoxy) is 16. The van der Waals surface area contributed by atoms with Crippen molar-refractivity contribution in [2.45, 2.75) is 107 Å². The van der Waals surface area contributed by atoms with E-state index in [2.05, 4.69) is 37.2 Å². The molecule has 0 radical (unpaired) electrons. The van der Waals surface area contributed by atoms with E-state index in [4.69, 9.17) is 86.9 Å². The molecule has 0 aromatic heterocycles.